The monoisotopic (exact) mass is 795 g/mol. The van der Waals surface area contributed by atoms with Crippen LogP contribution in [0.5, 0.6) is 0 Å². The molecule has 2 heterocycles. The molecular weight excluding hydrogens is 735 g/mol. The number of nitrogens with zero attached hydrogens (tertiary/aromatic N) is 1. The van der Waals surface area contributed by atoms with Crippen LogP contribution < -0.4 is 0 Å². The third-order valence-electron chi connectivity index (χ3n) is 16.7. The first-order valence-electron chi connectivity index (χ1n) is 21.6. The molecule has 300 valence electrons. The van der Waals surface area contributed by atoms with Crippen molar-refractivity contribution in [3.63, 3.8) is 0 Å². The molecule has 10 rings (SSSR count). The molecule has 3 aromatic rings. The van der Waals surface area contributed by atoms with E-state index < -0.39 is 22.5 Å². The Bertz CT molecular complexity index is 2020. The van der Waals surface area contributed by atoms with Crippen LogP contribution >= 0.6 is 22.7 Å². The van der Waals surface area contributed by atoms with Crippen LogP contribution in [0.4, 0.5) is 4.79 Å². The van der Waals surface area contributed by atoms with Gasteiger partial charge in [0.05, 0.1) is 23.1 Å². The van der Waals surface area contributed by atoms with Crippen molar-refractivity contribution in [3.05, 3.63) is 81.4 Å². The number of allylic oxidation sites excluding steroid dienone is 4. The largest absolute Gasteiger partial charge is 0.446 e. The van der Waals surface area contributed by atoms with Gasteiger partial charge in [-0.25, -0.2) is 4.79 Å². The van der Waals surface area contributed by atoms with Gasteiger partial charge in [-0.2, -0.15) is 0 Å². The summed E-state index contributed by atoms with van der Waals surface area (Å²) >= 11 is 3.28. The van der Waals surface area contributed by atoms with Gasteiger partial charge >= 0.3 is 6.09 Å². The summed E-state index contributed by atoms with van der Waals surface area (Å²) in [7, 11) is 0. The third kappa shape index (κ3) is 5.80. The minimum atomic E-state index is -1.15. The number of hydrogen-bond acceptors (Lipinski definition) is 7. The second-order valence-corrected chi connectivity index (χ2v) is 21.9. The molecule has 11 atom stereocenters. The number of benzene rings is 1. The van der Waals surface area contributed by atoms with Gasteiger partial charge in [0, 0.05) is 37.9 Å². The first kappa shape index (κ1) is 38.7. The Morgan fingerprint density at radius 3 is 2.50 bits per heavy atom. The summed E-state index contributed by atoms with van der Waals surface area (Å²) in [5.74, 6) is 1.61. The molecule has 7 aliphatic rings. The van der Waals surface area contributed by atoms with E-state index >= 15 is 4.79 Å². The molecule has 1 amide bonds. The summed E-state index contributed by atoms with van der Waals surface area (Å²) in [6.07, 6.45) is 15.5. The maximum absolute atomic E-state index is 15.2. The number of aliphatic hydroxyl groups excluding tert-OH is 1. The molecule has 6 nitrogen and oxygen atoms in total. The Balaban J connectivity index is 1.08. The van der Waals surface area contributed by atoms with Crippen molar-refractivity contribution >= 4 is 44.6 Å². The number of rotatable bonds is 9. The summed E-state index contributed by atoms with van der Waals surface area (Å²) in [5, 5.41) is 27.6. The number of ether oxygens (including phenoxy) is 1. The van der Waals surface area contributed by atoms with Gasteiger partial charge in [0.15, 0.2) is 5.78 Å². The average Bonchev–Trinajstić information content (AvgIpc) is 3.91. The summed E-state index contributed by atoms with van der Waals surface area (Å²) in [6.45, 7) is 12.2. The van der Waals surface area contributed by atoms with E-state index in [2.05, 4.69) is 88.6 Å². The fourth-order valence-corrected chi connectivity index (χ4v) is 15.2. The Labute approximate surface area is 341 Å². The molecule has 0 aliphatic heterocycles. The highest BCUT2D eigenvalue weighted by atomic mass is 32.1. The van der Waals surface area contributed by atoms with E-state index in [1.807, 2.05) is 17.0 Å². The molecule has 0 radical (unpaired) electrons. The molecule has 4 saturated carbocycles. The van der Waals surface area contributed by atoms with Gasteiger partial charge in [-0.15, -0.1) is 22.7 Å². The van der Waals surface area contributed by atoms with Crippen molar-refractivity contribution in [1.29, 1.82) is 0 Å². The molecule has 7 aliphatic carbocycles. The quantitative estimate of drug-likeness (QED) is 0.166. The van der Waals surface area contributed by atoms with E-state index in [1.54, 1.807) is 22.7 Å². The molecule has 2 bridgehead atoms. The second kappa shape index (κ2) is 13.9. The van der Waals surface area contributed by atoms with E-state index in [0.717, 1.165) is 78.3 Å². The number of Topliss-reactive ketones (excluding diaryl/α,β-unsaturated/α-hetero) is 1. The highest BCUT2D eigenvalue weighted by Gasteiger charge is 2.74. The van der Waals surface area contributed by atoms with Crippen molar-refractivity contribution in [2.45, 2.75) is 123 Å². The number of carbonyl (C=O) groups is 2. The zero-order valence-electron chi connectivity index (χ0n) is 34.0. The van der Waals surface area contributed by atoms with Crippen LogP contribution in [0.3, 0.4) is 0 Å². The first-order valence-corrected chi connectivity index (χ1v) is 23.3. The number of ketones is 1. The molecule has 56 heavy (non-hydrogen) atoms. The Hall–Kier alpha value is -2.78. The SMILES string of the molecule is CC(C)[C@H]1CC[C@H](C)C[C@@H]1OC(=O)N(CCc1cccs1)C[C@]1(O)CC[C@H]2[C@]34C=C[C@@]5(C=C3C(=O)c3cc6ccccc6s3)CC(O)CC[C@]5(C)[C@H]4CC[C@@]21C. The fraction of sp³-hybridized carbons (Fsp3) is 0.625. The lowest BCUT2D eigenvalue weighted by atomic mass is 9.32. The maximum Gasteiger partial charge on any atom is 0.410 e. The second-order valence-electron chi connectivity index (χ2n) is 19.8. The fourth-order valence-electron chi connectivity index (χ4n) is 13.5. The normalized spacial score (nSPS) is 39.9. The van der Waals surface area contributed by atoms with E-state index in [4.69, 9.17) is 4.74 Å². The van der Waals surface area contributed by atoms with Crippen LogP contribution in [0, 0.1) is 51.2 Å². The highest BCUT2D eigenvalue weighted by Crippen LogP contribution is 2.78. The number of thiophene rings is 2. The Morgan fingerprint density at radius 2 is 1.73 bits per heavy atom. The molecule has 1 unspecified atom stereocenters. The zero-order valence-corrected chi connectivity index (χ0v) is 35.6. The molecule has 0 saturated heterocycles. The lowest BCUT2D eigenvalue weighted by Crippen LogP contribution is -2.67. The Morgan fingerprint density at radius 1 is 0.964 bits per heavy atom. The lowest BCUT2D eigenvalue weighted by molar-refractivity contribution is -0.175. The van der Waals surface area contributed by atoms with Crippen molar-refractivity contribution < 1.29 is 24.5 Å². The van der Waals surface area contributed by atoms with Crippen LogP contribution in [0.15, 0.2) is 71.6 Å². The minimum absolute atomic E-state index is 0.0150. The van der Waals surface area contributed by atoms with E-state index in [9.17, 15) is 15.0 Å². The topological polar surface area (TPSA) is 87.1 Å². The van der Waals surface area contributed by atoms with Crippen LogP contribution in [-0.2, 0) is 11.2 Å². The van der Waals surface area contributed by atoms with Crippen LogP contribution in [-0.4, -0.2) is 57.9 Å². The standard InChI is InChI=1S/C48H61NO5S2/c1-30(2)35-13-12-31(3)25-37(35)54-43(52)49(23-17-34-10-8-24-55-34)29-47(53)20-16-41-45(47,5)19-15-40-44(4)18-14-33(50)27-46(44)21-22-48(40,41)36(28-46)42(51)39-26-32-9-6-7-11-38(32)56-39/h6-11,21-22,24,26,28,30-31,33,35,37,40-41,50,53H,12-20,23,25,27,29H2,1-5H3/t31-,33?,35+,37-,40+,41+,44+,45-,46-,47+,48+/m0/s1. The van der Waals surface area contributed by atoms with E-state index in [-0.39, 0.29) is 47.2 Å². The van der Waals surface area contributed by atoms with Gasteiger partial charge < -0.3 is 19.8 Å². The minimum Gasteiger partial charge on any atom is -0.446 e. The number of fused-ring (bicyclic) bond motifs is 2. The summed E-state index contributed by atoms with van der Waals surface area (Å²) in [6, 6.07) is 14.5. The van der Waals surface area contributed by atoms with Crippen molar-refractivity contribution in [3.8, 4) is 0 Å². The number of carbonyl (C=O) groups excluding carboxylic acids is 2. The van der Waals surface area contributed by atoms with Crippen LogP contribution in [0.2, 0.25) is 0 Å². The molecule has 4 fully saturated rings. The van der Waals surface area contributed by atoms with Gasteiger partial charge in [-0.3, -0.25) is 4.79 Å². The van der Waals surface area contributed by atoms with Gasteiger partial charge in [-0.1, -0.05) is 83.5 Å². The smallest absolute Gasteiger partial charge is 0.410 e. The van der Waals surface area contributed by atoms with Crippen molar-refractivity contribution in [1.82, 2.24) is 4.90 Å². The maximum atomic E-state index is 15.2. The van der Waals surface area contributed by atoms with Crippen molar-refractivity contribution in [2.75, 3.05) is 13.1 Å². The molecule has 2 N–H and O–H groups in total. The number of aliphatic hydroxyl groups is 2. The molecular formula is C48H61NO5S2. The summed E-state index contributed by atoms with van der Waals surface area (Å²) in [4.78, 5) is 33.5. The van der Waals surface area contributed by atoms with Gasteiger partial charge in [-0.05, 0) is 128 Å². The summed E-state index contributed by atoms with van der Waals surface area (Å²) in [5.41, 5.74) is -1.85. The number of amides is 1. The zero-order chi connectivity index (χ0) is 39.3. The van der Waals surface area contributed by atoms with Gasteiger partial charge in [0.2, 0.25) is 0 Å². The Kier molecular flexibility index (Phi) is 9.62. The van der Waals surface area contributed by atoms with Gasteiger partial charge in [0.1, 0.15) is 6.10 Å². The van der Waals surface area contributed by atoms with E-state index in [1.165, 1.54) is 4.88 Å². The van der Waals surface area contributed by atoms with Crippen LogP contribution in [0.1, 0.15) is 113 Å². The summed E-state index contributed by atoms with van der Waals surface area (Å²) < 4.78 is 7.63. The predicted octanol–water partition coefficient (Wildman–Crippen LogP) is 10.9. The predicted molar refractivity (Wildman–Crippen MR) is 226 cm³/mol. The molecule has 1 aromatic carbocycles. The number of hydrogen-bond donors (Lipinski definition) is 2. The third-order valence-corrected chi connectivity index (χ3v) is 18.8. The highest BCUT2D eigenvalue weighted by molar-refractivity contribution is 7.21. The lowest BCUT2D eigenvalue weighted by Gasteiger charge is -2.71. The molecule has 2 spiro atoms. The molecule has 8 heteroatoms. The van der Waals surface area contributed by atoms with Gasteiger partial charge in [0.25, 0.3) is 0 Å². The molecule has 2 aromatic heterocycles. The first-order chi connectivity index (χ1) is 26.7. The van der Waals surface area contributed by atoms with Crippen LogP contribution in [0.25, 0.3) is 10.1 Å². The van der Waals surface area contributed by atoms with E-state index in [0.29, 0.717) is 37.1 Å². The van der Waals surface area contributed by atoms with Crippen molar-refractivity contribution in [2.24, 2.45) is 51.2 Å². The average molecular weight is 796 g/mol.